The summed E-state index contributed by atoms with van der Waals surface area (Å²) in [6.07, 6.45) is -33.0. The highest BCUT2D eigenvalue weighted by atomic mass is 19.5. The Labute approximate surface area is 780 Å². The van der Waals surface area contributed by atoms with E-state index in [9.17, 15) is 132 Å². The lowest BCUT2D eigenvalue weighted by Gasteiger charge is -2.51. The van der Waals surface area contributed by atoms with Gasteiger partial charge in [0.1, 0.15) is 0 Å². The highest BCUT2D eigenvalue weighted by Gasteiger charge is 2.73. The molecule has 132 heavy (non-hydrogen) atoms. The van der Waals surface area contributed by atoms with Crippen molar-refractivity contribution in [3.63, 3.8) is 0 Å². The molecule has 0 heterocycles. The number of rotatable bonds is 6. The van der Waals surface area contributed by atoms with Gasteiger partial charge in [-0.2, -0.15) is 132 Å². The van der Waals surface area contributed by atoms with E-state index in [2.05, 4.69) is 104 Å². The molecule has 30 heteroatoms. The van der Waals surface area contributed by atoms with Gasteiger partial charge in [0.15, 0.2) is 10.8 Å². The van der Waals surface area contributed by atoms with Gasteiger partial charge in [-0.25, -0.2) is 0 Å². The zero-order chi connectivity index (χ0) is 107. The molecular weight excluding hydrogens is 1800 g/mol. The third kappa shape index (κ3) is 40.7. The first kappa shape index (κ1) is 136. The first-order valence-corrected chi connectivity index (χ1v) is 48.3. The Morgan fingerprint density at radius 2 is 0.689 bits per heavy atom. The van der Waals surface area contributed by atoms with Gasteiger partial charge in [0.25, 0.3) is 0 Å². The van der Waals surface area contributed by atoms with Crippen LogP contribution < -0.4 is 0 Å². The molecule has 0 radical (unpaired) electrons. The smallest absolute Gasteiger partial charge is 0.171 e. The van der Waals surface area contributed by atoms with Crippen LogP contribution in [0.5, 0.6) is 0 Å². The number of hydrogen-bond acceptors (Lipinski definition) is 0. The van der Waals surface area contributed by atoms with Crippen LogP contribution in [0.15, 0.2) is 0 Å². The van der Waals surface area contributed by atoms with E-state index in [1.807, 2.05) is 76.2 Å². The SMILES string of the molecule is CC(C)(C)C(C)(C)C(C)(C)C(F)(F)F.CC(C)C(C)(C)C(C)(C)C.CC(C)C(C)(C)C(C)C(F)(F)F.CC(C)[C@@H](C)C(C)(C)C.CC1CCC(C(F)(F)F)(C(F)(F)F)CC1.CC1CCC(C(F)(F)F)CC1.CC1CCCC(C(F)(F)F)[C@@H]1C.C[C@@H]1CCCC(C(F)(F)F)C1.C[C@@H]1CCCCC1(C(F)(F)F)C(F)(F)F.C[C@H](C(C)(C)C)C(C)(C)C(F)(F)F.C[C@H]1CC2CCC1(C)CC2. The molecule has 0 saturated heterocycles. The Hall–Kier alpha value is -2.10. The van der Waals surface area contributed by atoms with E-state index in [4.69, 9.17) is 0 Å². The van der Waals surface area contributed by atoms with E-state index in [1.54, 1.807) is 48.5 Å². The van der Waals surface area contributed by atoms with Crippen molar-refractivity contribution in [1.82, 2.24) is 0 Å². The van der Waals surface area contributed by atoms with Crippen LogP contribution in [0, 0.1) is 166 Å². The Kier molecular flexibility index (Phi) is 51.8. The maximum absolute atomic E-state index is 12.9. The lowest BCUT2D eigenvalue weighted by molar-refractivity contribution is -0.364. The zero-order valence-corrected chi connectivity index (χ0v) is 88.1. The molecule has 8 fully saturated rings. The van der Waals surface area contributed by atoms with Crippen molar-refractivity contribution in [3.05, 3.63) is 0 Å². The molecule has 10 atom stereocenters. The van der Waals surface area contributed by atoms with Crippen LogP contribution in [0.1, 0.15) is 424 Å². The lowest BCUT2D eigenvalue weighted by atomic mass is 9.55. The highest BCUT2D eigenvalue weighted by Crippen LogP contribution is 2.64. The Bertz CT molecular complexity index is 3030. The standard InChI is InChI=1S/C11H21F3.C10H19F3.C10H18.C10H22.2C9H12F6.C9H15F3.C9H17F3.C9H20.2C8H13F3/c1-8(2,3)9(4,5)10(6,7)11(12,13)14;1-7(8(2,3)4)9(5,6)10(11,12)13;1-8-7-9-3-5-10(8,2)6-4-9;1-8(2)10(6,7)9(3,4)5;1-6-2-4-7(5-3-6,8(10,11)12)9(13,14)15;1-6-4-2-3-5-7(6,8(10,11)12)9(13,14)15;1-6-4-3-5-8(7(6)2)9(10,11)12;1-6(2)8(4,5)7(3)9(10,11)12;1-7(2)8(3)9(4,5)6;1-6-2-4-7(5-3-6)8(9,10)11;1-6-3-2-4-7(5-6)8(9,10)11/h1-7H3;7H,1-6H3;8-9H,3-7H2,1-2H3;8H,1-7H3;2*6H,2-5H2,1H3;6-8H,3-5H2,1-2H3;6-7H,1-5H3;7-8H,1-6H3;2*6-7H,2-5H2,1H3/t;7-;8-,9?,10?;;;6-;6?,7-,8?;;8-;;6-,7?/m.10..11.1.1/s1. The summed E-state index contributed by atoms with van der Waals surface area (Å²) in [5, 5.41) is 0. The van der Waals surface area contributed by atoms with E-state index >= 15 is 0 Å². The molecule has 8 aliphatic rings. The highest BCUT2D eigenvalue weighted by molar-refractivity contribution is 5.02. The van der Waals surface area contributed by atoms with Crippen molar-refractivity contribution < 1.29 is 132 Å². The molecule has 2 bridgehead atoms. The predicted octanol–water partition coefficient (Wildman–Crippen LogP) is 42.0. The molecule has 800 valence electrons. The summed E-state index contributed by atoms with van der Waals surface area (Å²) in [6.45, 7) is 74.6. The fourth-order valence-electron chi connectivity index (χ4n) is 18.0. The van der Waals surface area contributed by atoms with Crippen molar-refractivity contribution in [3.8, 4) is 0 Å². The van der Waals surface area contributed by atoms with Gasteiger partial charge in [0.2, 0.25) is 0 Å². The van der Waals surface area contributed by atoms with Crippen LogP contribution in [-0.4, -0.2) is 61.8 Å². The molecule has 8 aliphatic carbocycles. The second-order valence-corrected chi connectivity index (χ2v) is 49.1. The molecule has 0 spiro atoms. The van der Waals surface area contributed by atoms with Crippen molar-refractivity contribution >= 4 is 0 Å². The molecule has 0 amide bonds. The monoisotopic (exact) mass is 1980 g/mol. The van der Waals surface area contributed by atoms with Gasteiger partial charge in [-0.3, -0.25) is 0 Å². The van der Waals surface area contributed by atoms with Crippen molar-refractivity contribution in [2.24, 2.45) is 166 Å². The first-order valence-electron chi connectivity index (χ1n) is 48.3. The zero-order valence-electron chi connectivity index (χ0n) is 88.1. The van der Waals surface area contributed by atoms with Crippen molar-refractivity contribution in [1.29, 1.82) is 0 Å². The fraction of sp³-hybridized carbons (Fsp3) is 1.00. The molecule has 0 nitrogen and oxygen atoms in total. The van der Waals surface area contributed by atoms with Crippen LogP contribution in [0.3, 0.4) is 0 Å². The van der Waals surface area contributed by atoms with Crippen LogP contribution in [-0.2, 0) is 0 Å². The Morgan fingerprint density at radius 1 is 0.295 bits per heavy atom. The Balaban J connectivity index is -0.000000685. The predicted molar refractivity (Wildman–Crippen MR) is 481 cm³/mol. The number of alkyl halides is 30. The van der Waals surface area contributed by atoms with Gasteiger partial charge in [-0.05, 0) is 223 Å². The molecule has 8 rings (SSSR count). The summed E-state index contributed by atoms with van der Waals surface area (Å²) in [7, 11) is 0. The molecular formula is C102H182F30. The van der Waals surface area contributed by atoms with Gasteiger partial charge >= 0.3 is 61.8 Å². The van der Waals surface area contributed by atoms with E-state index in [0.717, 1.165) is 80.5 Å². The lowest BCUT2D eigenvalue weighted by Crippen LogP contribution is -2.55. The van der Waals surface area contributed by atoms with Gasteiger partial charge < -0.3 is 0 Å². The minimum atomic E-state index is -5.20. The van der Waals surface area contributed by atoms with Crippen molar-refractivity contribution in [2.75, 3.05) is 0 Å². The number of hydrogen-bond donors (Lipinski definition) is 0. The summed E-state index contributed by atoms with van der Waals surface area (Å²) in [4.78, 5) is 0. The first-order chi connectivity index (χ1) is 57.7. The molecule has 8 saturated carbocycles. The van der Waals surface area contributed by atoms with Gasteiger partial charge in [0, 0.05) is 0 Å². The molecule has 0 N–H and O–H groups in total. The quantitative estimate of drug-likeness (QED) is 0.233. The van der Waals surface area contributed by atoms with E-state index in [0.29, 0.717) is 60.7 Å². The van der Waals surface area contributed by atoms with E-state index in [-0.39, 0.29) is 66.1 Å². The minimum Gasteiger partial charge on any atom is -0.171 e. The summed E-state index contributed by atoms with van der Waals surface area (Å²) in [5.41, 5.74) is -10.4. The second-order valence-electron chi connectivity index (χ2n) is 49.1. The summed E-state index contributed by atoms with van der Waals surface area (Å²) < 4.78 is 374. The van der Waals surface area contributed by atoms with Crippen LogP contribution in [0.2, 0.25) is 0 Å². The third-order valence-corrected chi connectivity index (χ3v) is 34.7. The number of fused-ring (bicyclic) bond motifs is 3. The maximum atomic E-state index is 12.9. The van der Waals surface area contributed by atoms with Crippen LogP contribution in [0.25, 0.3) is 0 Å². The fourth-order valence-corrected chi connectivity index (χ4v) is 18.0. The molecule has 4 unspecified atom stereocenters. The Morgan fingerprint density at radius 3 is 0.894 bits per heavy atom. The largest absolute Gasteiger partial charge is 0.403 e. The second kappa shape index (κ2) is 50.2. The van der Waals surface area contributed by atoms with Gasteiger partial charge in [-0.15, -0.1) is 0 Å². The summed E-state index contributed by atoms with van der Waals surface area (Å²) in [6, 6.07) is 0. The summed E-state index contributed by atoms with van der Waals surface area (Å²) >= 11 is 0. The average Bonchev–Trinajstić information content (AvgIpc) is 0.748. The average molecular weight is 1980 g/mol. The summed E-state index contributed by atoms with van der Waals surface area (Å²) in [5.74, 6) is -0.848. The molecule has 0 aliphatic heterocycles. The minimum absolute atomic E-state index is 0.0106. The molecule has 0 aromatic heterocycles. The number of halogens is 30. The van der Waals surface area contributed by atoms with E-state index < -0.39 is 149 Å². The molecule has 0 aromatic carbocycles. The maximum Gasteiger partial charge on any atom is 0.403 e. The van der Waals surface area contributed by atoms with Gasteiger partial charge in [-0.1, -0.05) is 321 Å². The van der Waals surface area contributed by atoms with Crippen LogP contribution in [0.4, 0.5) is 132 Å². The van der Waals surface area contributed by atoms with E-state index in [1.165, 1.54) is 66.7 Å². The van der Waals surface area contributed by atoms with Crippen LogP contribution >= 0.6 is 0 Å². The van der Waals surface area contributed by atoms with Gasteiger partial charge in [0.05, 0.1) is 34.5 Å². The van der Waals surface area contributed by atoms with Crippen molar-refractivity contribution in [2.45, 2.75) is 486 Å². The normalized spacial score (nSPS) is 26.2. The molecule has 0 aromatic rings. The topological polar surface area (TPSA) is 0 Å². The third-order valence-electron chi connectivity index (χ3n) is 34.7.